The van der Waals surface area contributed by atoms with E-state index < -0.39 is 0 Å². The zero-order valence-electron chi connectivity index (χ0n) is 14.1. The summed E-state index contributed by atoms with van der Waals surface area (Å²) >= 11 is 6.16. The van der Waals surface area contributed by atoms with Crippen LogP contribution in [0.4, 0.5) is 0 Å². The molecule has 1 aliphatic rings. The van der Waals surface area contributed by atoms with Crippen molar-refractivity contribution in [3.63, 3.8) is 0 Å². The molecule has 3 aromatic rings. The maximum atomic E-state index is 12.3. The molecule has 26 heavy (non-hydrogen) atoms. The van der Waals surface area contributed by atoms with E-state index in [0.717, 1.165) is 30.4 Å². The van der Waals surface area contributed by atoms with E-state index in [0.29, 0.717) is 12.2 Å². The molecule has 2 aromatic heterocycles. The fourth-order valence-electron chi connectivity index (χ4n) is 3.37. The monoisotopic (exact) mass is 390 g/mol. The first-order valence-corrected chi connectivity index (χ1v) is 8.76. The van der Waals surface area contributed by atoms with Crippen molar-refractivity contribution in [3.05, 3.63) is 81.4 Å². The Morgan fingerprint density at radius 1 is 1.19 bits per heavy atom. The second-order valence-electron chi connectivity index (χ2n) is 6.26. The molecule has 1 unspecified atom stereocenters. The Morgan fingerprint density at radius 3 is 2.92 bits per heavy atom. The van der Waals surface area contributed by atoms with Gasteiger partial charge >= 0.3 is 0 Å². The van der Waals surface area contributed by atoms with Gasteiger partial charge in [0.2, 0.25) is 0 Å². The highest BCUT2D eigenvalue weighted by atomic mass is 35.5. The summed E-state index contributed by atoms with van der Waals surface area (Å²) in [5.41, 5.74) is 2.61. The minimum Gasteiger partial charge on any atom is -0.314 e. The molecule has 0 radical (unpaired) electrons. The van der Waals surface area contributed by atoms with Crippen molar-refractivity contribution in [1.29, 1.82) is 0 Å². The number of pyridine rings is 1. The number of hydrogen-bond donors (Lipinski definition) is 1. The molecule has 1 atom stereocenters. The largest absolute Gasteiger partial charge is 0.314 e. The predicted molar refractivity (Wildman–Crippen MR) is 106 cm³/mol. The molecule has 4 rings (SSSR count). The number of nitrogens with zero attached hydrogens (tertiary/aromatic N) is 3. The number of benzene rings is 1. The third-order valence-corrected chi connectivity index (χ3v) is 4.81. The molecule has 5 nitrogen and oxygen atoms in total. The highest BCUT2D eigenvalue weighted by Crippen LogP contribution is 2.25. The Hall–Kier alpha value is -1.92. The topological polar surface area (TPSA) is 49.6 Å². The van der Waals surface area contributed by atoms with E-state index in [1.807, 2.05) is 36.4 Å². The molecular formula is C19H20Cl2N4O. The predicted octanol–water partition coefficient (Wildman–Crippen LogP) is 2.92. The van der Waals surface area contributed by atoms with E-state index in [1.165, 1.54) is 5.56 Å². The van der Waals surface area contributed by atoms with Crippen LogP contribution in [0.3, 0.4) is 0 Å². The van der Waals surface area contributed by atoms with Gasteiger partial charge in [0, 0.05) is 49.5 Å². The van der Waals surface area contributed by atoms with Crippen LogP contribution in [0.15, 0.2) is 59.5 Å². The number of nitrogens with one attached hydrogen (secondary N) is 1. The molecule has 1 aliphatic heterocycles. The van der Waals surface area contributed by atoms with Crippen LogP contribution in [0.5, 0.6) is 0 Å². The minimum atomic E-state index is -0.0463. The van der Waals surface area contributed by atoms with Gasteiger partial charge in [-0.15, -0.1) is 12.4 Å². The Balaban J connectivity index is 0.00000196. The van der Waals surface area contributed by atoms with Gasteiger partial charge in [-0.1, -0.05) is 29.8 Å². The average Bonchev–Trinajstić information content (AvgIpc) is 2.62. The molecule has 0 amide bonds. The van der Waals surface area contributed by atoms with Crippen LogP contribution in [0.2, 0.25) is 5.02 Å². The van der Waals surface area contributed by atoms with Gasteiger partial charge in [-0.25, -0.2) is 4.98 Å². The molecule has 0 spiro atoms. The lowest BCUT2D eigenvalue weighted by atomic mass is 10.0. The first-order chi connectivity index (χ1) is 12.2. The summed E-state index contributed by atoms with van der Waals surface area (Å²) in [7, 11) is 0. The van der Waals surface area contributed by atoms with E-state index >= 15 is 0 Å². The fraction of sp³-hybridized carbons (Fsp3) is 0.263. The van der Waals surface area contributed by atoms with Gasteiger partial charge < -0.3 is 5.32 Å². The second-order valence-corrected chi connectivity index (χ2v) is 6.70. The number of halogens is 2. The molecule has 136 valence electrons. The van der Waals surface area contributed by atoms with Gasteiger partial charge in [-0.3, -0.25) is 14.1 Å². The number of piperazine rings is 1. The number of aromatic nitrogens is 2. The van der Waals surface area contributed by atoms with Crippen molar-refractivity contribution in [2.75, 3.05) is 19.6 Å². The van der Waals surface area contributed by atoms with E-state index in [1.54, 1.807) is 16.7 Å². The van der Waals surface area contributed by atoms with Crippen molar-refractivity contribution in [2.45, 2.75) is 12.6 Å². The lowest BCUT2D eigenvalue weighted by molar-refractivity contribution is 0.152. The second kappa shape index (κ2) is 8.18. The average molecular weight is 391 g/mol. The van der Waals surface area contributed by atoms with Crippen LogP contribution in [-0.4, -0.2) is 33.9 Å². The molecule has 1 fully saturated rings. The van der Waals surface area contributed by atoms with Crippen LogP contribution in [-0.2, 0) is 6.54 Å². The highest BCUT2D eigenvalue weighted by Gasteiger charge is 2.24. The third kappa shape index (κ3) is 3.91. The standard InChI is InChI=1S/C19H19ClN4O.ClH/c20-15-5-3-4-14(10-15)17-12-21-7-9-23(17)13-16-11-19(25)24-8-2-1-6-18(24)22-16;/h1-6,8,10-11,17,21H,7,9,12-13H2;1H. The molecular weight excluding hydrogens is 371 g/mol. The molecule has 1 N–H and O–H groups in total. The van der Waals surface area contributed by atoms with Crippen molar-refractivity contribution in [2.24, 2.45) is 0 Å². The minimum absolute atomic E-state index is 0. The fourth-order valence-corrected chi connectivity index (χ4v) is 3.57. The molecule has 1 aromatic carbocycles. The first kappa shape index (κ1) is 18.9. The van der Waals surface area contributed by atoms with Gasteiger partial charge in [0.25, 0.3) is 5.56 Å². The van der Waals surface area contributed by atoms with Gasteiger partial charge in [-0.05, 0) is 29.8 Å². The van der Waals surface area contributed by atoms with E-state index in [-0.39, 0.29) is 24.0 Å². The number of rotatable bonds is 3. The Kier molecular flexibility index (Phi) is 5.94. The van der Waals surface area contributed by atoms with Crippen molar-refractivity contribution < 1.29 is 0 Å². The maximum absolute atomic E-state index is 12.3. The number of hydrogen-bond acceptors (Lipinski definition) is 4. The van der Waals surface area contributed by atoms with Gasteiger partial charge in [-0.2, -0.15) is 0 Å². The third-order valence-electron chi connectivity index (χ3n) is 4.58. The summed E-state index contributed by atoms with van der Waals surface area (Å²) in [6, 6.07) is 15.4. The summed E-state index contributed by atoms with van der Waals surface area (Å²) < 4.78 is 1.57. The molecule has 7 heteroatoms. The van der Waals surface area contributed by atoms with Crippen LogP contribution in [0.1, 0.15) is 17.3 Å². The zero-order valence-corrected chi connectivity index (χ0v) is 15.7. The lowest BCUT2D eigenvalue weighted by Crippen LogP contribution is -2.45. The van der Waals surface area contributed by atoms with E-state index in [9.17, 15) is 4.79 Å². The van der Waals surface area contributed by atoms with E-state index in [2.05, 4.69) is 21.3 Å². The lowest BCUT2D eigenvalue weighted by Gasteiger charge is -2.36. The van der Waals surface area contributed by atoms with Crippen LogP contribution in [0.25, 0.3) is 5.65 Å². The summed E-state index contributed by atoms with van der Waals surface area (Å²) in [6.07, 6.45) is 1.74. The summed E-state index contributed by atoms with van der Waals surface area (Å²) in [5, 5.41) is 4.18. The van der Waals surface area contributed by atoms with Crippen LogP contribution in [0, 0.1) is 0 Å². The van der Waals surface area contributed by atoms with Gasteiger partial charge in [0.05, 0.1) is 5.69 Å². The molecule has 0 saturated carbocycles. The van der Waals surface area contributed by atoms with Gasteiger partial charge in [0.1, 0.15) is 5.65 Å². The SMILES string of the molecule is Cl.O=c1cc(CN2CCNCC2c2cccc(Cl)c2)nc2ccccn12. The summed E-state index contributed by atoms with van der Waals surface area (Å²) in [5.74, 6) is 0. The van der Waals surface area contributed by atoms with E-state index in [4.69, 9.17) is 11.6 Å². The molecule has 3 heterocycles. The number of fused-ring (bicyclic) bond motifs is 1. The molecule has 0 bridgehead atoms. The Bertz CT molecular complexity index is 959. The summed E-state index contributed by atoms with van der Waals surface area (Å²) in [6.45, 7) is 3.31. The summed E-state index contributed by atoms with van der Waals surface area (Å²) in [4.78, 5) is 19.3. The molecule has 0 aliphatic carbocycles. The Labute approximate surface area is 163 Å². The smallest absolute Gasteiger partial charge is 0.258 e. The molecule has 1 saturated heterocycles. The van der Waals surface area contributed by atoms with Crippen molar-refractivity contribution in [3.8, 4) is 0 Å². The highest BCUT2D eigenvalue weighted by molar-refractivity contribution is 6.30. The zero-order chi connectivity index (χ0) is 17.2. The Morgan fingerprint density at radius 2 is 2.08 bits per heavy atom. The first-order valence-electron chi connectivity index (χ1n) is 8.38. The quantitative estimate of drug-likeness (QED) is 0.746. The maximum Gasteiger partial charge on any atom is 0.258 e. The van der Waals surface area contributed by atoms with Crippen LogP contribution >= 0.6 is 24.0 Å². The normalized spacial score (nSPS) is 17.8. The van der Waals surface area contributed by atoms with Crippen molar-refractivity contribution >= 4 is 29.7 Å². The van der Waals surface area contributed by atoms with Gasteiger partial charge in [0.15, 0.2) is 0 Å². The van der Waals surface area contributed by atoms with Crippen LogP contribution < -0.4 is 10.9 Å². The van der Waals surface area contributed by atoms with Crippen molar-refractivity contribution in [1.82, 2.24) is 19.6 Å².